The van der Waals surface area contributed by atoms with Crippen molar-refractivity contribution in [3.8, 4) is 22.6 Å². The van der Waals surface area contributed by atoms with Gasteiger partial charge in [0, 0.05) is 50.7 Å². The smallest absolute Gasteiger partial charge is 0.200 e. The van der Waals surface area contributed by atoms with Crippen molar-refractivity contribution in [2.45, 2.75) is 0 Å². The summed E-state index contributed by atoms with van der Waals surface area (Å²) in [5, 5.41) is 0. The average molecular weight is 400 g/mol. The van der Waals surface area contributed by atoms with Crippen LogP contribution in [0, 0.1) is 0 Å². The maximum Gasteiger partial charge on any atom is 0.200 e. The molecular weight excluding hydrogens is 376 g/mol. The normalized spacial score (nSPS) is 10.8. The topological polar surface area (TPSA) is 49.8 Å². The fraction of sp³-hybridized carbons (Fsp3) is 0.160. The Balaban J connectivity index is 1.81. The zero-order valence-corrected chi connectivity index (χ0v) is 17.5. The molecular formula is C25H24N2O3. The summed E-state index contributed by atoms with van der Waals surface area (Å²) in [6.07, 6.45) is 3.12. The highest BCUT2D eigenvalue weighted by atomic mass is 16.3. The van der Waals surface area contributed by atoms with Gasteiger partial charge in [-0.05, 0) is 36.4 Å². The summed E-state index contributed by atoms with van der Waals surface area (Å²) in [6, 6.07) is 19.2. The summed E-state index contributed by atoms with van der Waals surface area (Å²) in [4.78, 5) is 17.6. The van der Waals surface area contributed by atoms with Crippen LogP contribution in [-0.2, 0) is 0 Å². The van der Waals surface area contributed by atoms with Crippen LogP contribution in [-0.4, -0.2) is 34.0 Å². The van der Waals surface area contributed by atoms with Crippen LogP contribution in [0.2, 0.25) is 0 Å². The monoisotopic (exact) mass is 400 g/mol. The van der Waals surface area contributed by atoms with E-state index in [-0.39, 0.29) is 5.78 Å². The van der Waals surface area contributed by atoms with Crippen molar-refractivity contribution in [2.75, 3.05) is 38.0 Å². The van der Waals surface area contributed by atoms with Crippen molar-refractivity contribution < 1.29 is 13.6 Å². The zero-order chi connectivity index (χ0) is 21.3. The molecule has 0 amide bonds. The maximum atomic E-state index is 13.6. The van der Waals surface area contributed by atoms with Gasteiger partial charge in [0.15, 0.2) is 0 Å². The molecule has 0 bridgehead atoms. The second-order valence-electron chi connectivity index (χ2n) is 7.48. The van der Waals surface area contributed by atoms with Crippen molar-refractivity contribution in [1.29, 1.82) is 0 Å². The maximum absolute atomic E-state index is 13.6. The Morgan fingerprint density at radius 3 is 1.43 bits per heavy atom. The summed E-state index contributed by atoms with van der Waals surface area (Å²) >= 11 is 0. The van der Waals surface area contributed by atoms with Crippen LogP contribution < -0.4 is 9.80 Å². The van der Waals surface area contributed by atoms with Gasteiger partial charge in [-0.25, -0.2) is 0 Å². The summed E-state index contributed by atoms with van der Waals surface area (Å²) < 4.78 is 11.6. The number of para-hydroxylation sites is 2. The third kappa shape index (κ3) is 3.39. The van der Waals surface area contributed by atoms with Crippen molar-refractivity contribution in [1.82, 2.24) is 0 Å². The minimum absolute atomic E-state index is 0.135. The largest absolute Gasteiger partial charge is 0.463 e. The van der Waals surface area contributed by atoms with Crippen LogP contribution in [0.1, 0.15) is 15.9 Å². The number of rotatable bonds is 6. The van der Waals surface area contributed by atoms with Crippen LogP contribution in [0.5, 0.6) is 0 Å². The van der Waals surface area contributed by atoms with E-state index in [1.54, 1.807) is 24.7 Å². The molecule has 2 heterocycles. The lowest BCUT2D eigenvalue weighted by Gasteiger charge is -2.17. The Morgan fingerprint density at radius 2 is 1.03 bits per heavy atom. The van der Waals surface area contributed by atoms with E-state index in [2.05, 4.69) is 0 Å². The van der Waals surface area contributed by atoms with Crippen LogP contribution in [0.25, 0.3) is 22.6 Å². The Hall–Kier alpha value is -3.73. The number of nitrogens with zero attached hydrogens (tertiary/aromatic N) is 2. The SMILES string of the molecule is CN(C)c1ccccc1-c1occc1C(=O)c1ccoc1-c1ccccc1N(C)C. The van der Waals surface area contributed by atoms with Crippen molar-refractivity contribution in [3.05, 3.63) is 84.3 Å². The number of carbonyl (C=O) groups is 1. The number of hydrogen-bond acceptors (Lipinski definition) is 5. The van der Waals surface area contributed by atoms with E-state index < -0.39 is 0 Å². The highest BCUT2D eigenvalue weighted by Gasteiger charge is 2.25. The molecule has 0 spiro atoms. The van der Waals surface area contributed by atoms with E-state index in [0.29, 0.717) is 22.6 Å². The van der Waals surface area contributed by atoms with Gasteiger partial charge in [0.05, 0.1) is 23.7 Å². The van der Waals surface area contributed by atoms with Crippen LogP contribution in [0.4, 0.5) is 11.4 Å². The summed E-state index contributed by atoms with van der Waals surface area (Å²) in [6.45, 7) is 0. The van der Waals surface area contributed by atoms with Crippen LogP contribution in [0.15, 0.2) is 82.0 Å². The first kappa shape index (κ1) is 19.6. The van der Waals surface area contributed by atoms with Gasteiger partial charge in [-0.1, -0.05) is 24.3 Å². The van der Waals surface area contributed by atoms with Gasteiger partial charge in [-0.2, -0.15) is 0 Å². The second kappa shape index (κ2) is 7.95. The molecule has 0 atom stereocenters. The molecule has 2 aromatic carbocycles. The molecule has 30 heavy (non-hydrogen) atoms. The number of hydrogen-bond donors (Lipinski definition) is 0. The fourth-order valence-electron chi connectivity index (χ4n) is 3.65. The van der Waals surface area contributed by atoms with E-state index >= 15 is 0 Å². The van der Waals surface area contributed by atoms with Crippen molar-refractivity contribution >= 4 is 17.2 Å². The average Bonchev–Trinajstić information content (AvgIpc) is 3.43. The summed E-state index contributed by atoms with van der Waals surface area (Å²) in [5.74, 6) is 0.972. The first-order chi connectivity index (χ1) is 14.5. The Kier molecular flexibility index (Phi) is 5.19. The summed E-state index contributed by atoms with van der Waals surface area (Å²) in [7, 11) is 7.87. The van der Waals surface area contributed by atoms with E-state index in [9.17, 15) is 4.79 Å². The Labute approximate surface area is 176 Å². The summed E-state index contributed by atoms with van der Waals surface area (Å²) in [5.41, 5.74) is 4.71. The molecule has 5 heteroatoms. The zero-order valence-electron chi connectivity index (χ0n) is 17.5. The van der Waals surface area contributed by atoms with Gasteiger partial charge >= 0.3 is 0 Å². The number of anilines is 2. The van der Waals surface area contributed by atoms with Crippen molar-refractivity contribution in [3.63, 3.8) is 0 Å². The lowest BCUT2D eigenvalue weighted by atomic mass is 9.97. The van der Waals surface area contributed by atoms with Gasteiger partial charge < -0.3 is 18.6 Å². The molecule has 5 nitrogen and oxygen atoms in total. The quantitative estimate of drug-likeness (QED) is 0.396. The molecule has 0 fully saturated rings. The van der Waals surface area contributed by atoms with Gasteiger partial charge in [0.1, 0.15) is 11.5 Å². The molecule has 2 aromatic heterocycles. The first-order valence-corrected chi connectivity index (χ1v) is 9.72. The molecule has 0 aliphatic carbocycles. The van der Waals surface area contributed by atoms with E-state index in [4.69, 9.17) is 8.83 Å². The molecule has 0 unspecified atom stereocenters. The number of ketones is 1. The first-order valence-electron chi connectivity index (χ1n) is 9.72. The minimum Gasteiger partial charge on any atom is -0.463 e. The fourth-order valence-corrected chi connectivity index (χ4v) is 3.65. The number of furan rings is 2. The molecule has 4 aromatic rings. The molecule has 152 valence electrons. The van der Waals surface area contributed by atoms with Gasteiger partial charge in [0.2, 0.25) is 5.78 Å². The van der Waals surface area contributed by atoms with Crippen LogP contribution in [0.3, 0.4) is 0 Å². The number of benzene rings is 2. The third-order valence-electron chi connectivity index (χ3n) is 5.08. The van der Waals surface area contributed by atoms with Gasteiger partial charge in [-0.15, -0.1) is 0 Å². The molecule has 0 radical (unpaired) electrons. The lowest BCUT2D eigenvalue weighted by molar-refractivity contribution is 0.103. The third-order valence-corrected chi connectivity index (χ3v) is 5.08. The molecule has 0 saturated carbocycles. The Morgan fingerprint density at radius 1 is 0.633 bits per heavy atom. The molecule has 4 rings (SSSR count). The number of carbonyl (C=O) groups excluding carboxylic acids is 1. The predicted octanol–water partition coefficient (Wildman–Crippen LogP) is 5.57. The van der Waals surface area contributed by atoms with E-state index in [1.807, 2.05) is 86.5 Å². The predicted molar refractivity (Wildman–Crippen MR) is 120 cm³/mol. The van der Waals surface area contributed by atoms with E-state index in [0.717, 1.165) is 22.5 Å². The standard InChI is InChI=1S/C25H24N2O3/c1-26(2)21-11-7-5-9-17(21)24-19(13-15-29-24)23(28)20-14-16-30-25(20)18-10-6-8-12-22(18)27(3)4/h5-16H,1-4H3. The molecule has 0 N–H and O–H groups in total. The molecule has 0 aliphatic heterocycles. The van der Waals surface area contributed by atoms with Gasteiger partial charge in [-0.3, -0.25) is 4.79 Å². The lowest BCUT2D eigenvalue weighted by Crippen LogP contribution is -2.11. The minimum atomic E-state index is -0.135. The highest BCUT2D eigenvalue weighted by molar-refractivity contribution is 6.15. The van der Waals surface area contributed by atoms with Crippen LogP contribution >= 0.6 is 0 Å². The molecule has 0 aliphatic rings. The van der Waals surface area contributed by atoms with Crippen molar-refractivity contribution in [2.24, 2.45) is 0 Å². The van der Waals surface area contributed by atoms with Gasteiger partial charge in [0.25, 0.3) is 0 Å². The Bertz CT molecular complexity index is 1090. The van der Waals surface area contributed by atoms with E-state index in [1.165, 1.54) is 0 Å². The highest BCUT2D eigenvalue weighted by Crippen LogP contribution is 2.37. The molecule has 0 saturated heterocycles. The second-order valence-corrected chi connectivity index (χ2v) is 7.48.